The van der Waals surface area contributed by atoms with Gasteiger partial charge in [-0.3, -0.25) is 10.1 Å². The van der Waals surface area contributed by atoms with Crippen LogP contribution in [0.15, 0.2) is 12.1 Å². The molecule has 12 nitrogen and oxygen atoms in total. The SMILES string of the molecule is CCc1c(-c2ccc(F)c3sc(NC(=O)OC(C)(C)C)c(C#N)c23)c2c(c3c(NC4CCCN(C)C4=O)nc(N4CC[C@H](CN(C)C)[C@@H]4C)nc13)COC2. The van der Waals surface area contributed by atoms with Crippen molar-refractivity contribution in [2.45, 2.75) is 91.2 Å². The minimum atomic E-state index is -0.763. The second-order valence-corrected chi connectivity index (χ2v) is 17.0. The fourth-order valence-corrected chi connectivity index (χ4v) is 9.40. The van der Waals surface area contributed by atoms with Crippen LogP contribution in [0.1, 0.15) is 76.1 Å². The molecule has 4 aromatic rings. The number of aromatic nitrogens is 2. The molecule has 2 saturated heterocycles. The lowest BCUT2D eigenvalue weighted by atomic mass is 9.86. The summed E-state index contributed by atoms with van der Waals surface area (Å²) in [5.41, 5.74) is 4.36. The number of thiophene rings is 1. The van der Waals surface area contributed by atoms with Gasteiger partial charge in [0.25, 0.3) is 0 Å². The Morgan fingerprint density at radius 1 is 1.17 bits per heavy atom. The molecule has 2 fully saturated rings. The van der Waals surface area contributed by atoms with Gasteiger partial charge in [0.1, 0.15) is 34.3 Å². The minimum Gasteiger partial charge on any atom is -0.444 e. The average Bonchev–Trinajstić information content (AvgIpc) is 3.83. The van der Waals surface area contributed by atoms with E-state index in [2.05, 4.69) is 54.4 Å². The van der Waals surface area contributed by atoms with Crippen LogP contribution in [0.3, 0.4) is 0 Å². The molecule has 54 heavy (non-hydrogen) atoms. The molecule has 2 aromatic carbocycles. The first-order valence-electron chi connectivity index (χ1n) is 18.7. The van der Waals surface area contributed by atoms with Crippen LogP contribution in [0.5, 0.6) is 0 Å². The number of aryl methyl sites for hydroxylation is 1. The summed E-state index contributed by atoms with van der Waals surface area (Å²) in [7, 11) is 6.02. The highest BCUT2D eigenvalue weighted by atomic mass is 32.1. The number of carbonyl (C=O) groups is 2. The molecule has 286 valence electrons. The molecule has 0 saturated carbocycles. The molecule has 3 atom stereocenters. The Balaban J connectivity index is 1.47. The molecule has 0 aliphatic carbocycles. The van der Waals surface area contributed by atoms with Gasteiger partial charge in [-0.25, -0.2) is 14.2 Å². The molecule has 2 aromatic heterocycles. The Bertz CT molecular complexity index is 2190. The number of nitriles is 1. The summed E-state index contributed by atoms with van der Waals surface area (Å²) < 4.78 is 27.6. The normalized spacial score (nSPS) is 20.2. The van der Waals surface area contributed by atoms with Crippen LogP contribution in [-0.2, 0) is 33.9 Å². The Hall–Kier alpha value is -4.58. The Labute approximate surface area is 319 Å². The van der Waals surface area contributed by atoms with Gasteiger partial charge in [0.05, 0.1) is 29.0 Å². The van der Waals surface area contributed by atoms with E-state index in [1.54, 1.807) is 31.7 Å². The third-order valence-corrected chi connectivity index (χ3v) is 11.9. The summed E-state index contributed by atoms with van der Waals surface area (Å²) in [6.07, 6.45) is 2.41. The number of likely N-dealkylation sites (tertiary alicyclic amines) is 1. The van der Waals surface area contributed by atoms with Crippen LogP contribution in [0.4, 0.5) is 26.0 Å². The van der Waals surface area contributed by atoms with Crippen LogP contribution in [0.2, 0.25) is 0 Å². The van der Waals surface area contributed by atoms with Gasteiger partial charge in [0.15, 0.2) is 0 Å². The lowest BCUT2D eigenvalue weighted by Crippen LogP contribution is -2.45. The van der Waals surface area contributed by atoms with E-state index in [1.807, 2.05) is 7.05 Å². The van der Waals surface area contributed by atoms with Gasteiger partial charge in [-0.1, -0.05) is 13.0 Å². The van der Waals surface area contributed by atoms with Gasteiger partial charge in [-0.15, -0.1) is 11.3 Å². The van der Waals surface area contributed by atoms with Crippen molar-refractivity contribution in [3.05, 3.63) is 40.2 Å². The van der Waals surface area contributed by atoms with Gasteiger partial charge >= 0.3 is 6.09 Å². The lowest BCUT2D eigenvalue weighted by Gasteiger charge is -2.31. The Kier molecular flexibility index (Phi) is 10.2. The van der Waals surface area contributed by atoms with Gasteiger partial charge in [-0.2, -0.15) is 10.2 Å². The number of nitrogens with one attached hydrogen (secondary N) is 2. The number of hydrogen-bond donors (Lipinski definition) is 2. The zero-order valence-corrected chi connectivity index (χ0v) is 33.2. The van der Waals surface area contributed by atoms with E-state index in [0.717, 1.165) is 70.4 Å². The third-order valence-electron chi connectivity index (χ3n) is 10.8. The van der Waals surface area contributed by atoms with Crippen molar-refractivity contribution < 1.29 is 23.5 Å². The van der Waals surface area contributed by atoms with Crippen LogP contribution >= 0.6 is 11.3 Å². The smallest absolute Gasteiger partial charge is 0.412 e. The molecule has 0 bridgehead atoms. The number of nitrogens with zero attached hydrogens (tertiary/aromatic N) is 6. The summed E-state index contributed by atoms with van der Waals surface area (Å²) in [6.45, 7) is 12.6. The maximum atomic E-state index is 15.7. The highest BCUT2D eigenvalue weighted by Crippen LogP contribution is 2.49. The molecule has 2 amide bonds. The second kappa shape index (κ2) is 14.6. The maximum Gasteiger partial charge on any atom is 0.412 e. The van der Waals surface area contributed by atoms with Gasteiger partial charge in [0, 0.05) is 43.5 Å². The van der Waals surface area contributed by atoms with Crippen molar-refractivity contribution in [3.63, 3.8) is 0 Å². The fraction of sp³-hybridized carbons (Fsp3) is 0.525. The molecule has 3 aliphatic rings. The molecule has 2 N–H and O–H groups in total. The number of hydrogen-bond acceptors (Lipinski definition) is 11. The van der Waals surface area contributed by atoms with Crippen LogP contribution in [0.25, 0.3) is 32.1 Å². The number of benzene rings is 2. The first-order valence-corrected chi connectivity index (χ1v) is 19.6. The quantitative estimate of drug-likeness (QED) is 0.189. The van der Waals surface area contributed by atoms with E-state index < -0.39 is 23.6 Å². The van der Waals surface area contributed by atoms with Crippen molar-refractivity contribution in [2.75, 3.05) is 56.3 Å². The van der Waals surface area contributed by atoms with E-state index in [-0.39, 0.29) is 27.2 Å². The number of halogens is 1. The molecule has 3 aliphatic heterocycles. The first kappa shape index (κ1) is 37.7. The molecular weight excluding hydrogens is 708 g/mol. The fourth-order valence-electron chi connectivity index (χ4n) is 8.33. The molecular formula is C40H49FN8O4S. The summed E-state index contributed by atoms with van der Waals surface area (Å²) >= 11 is 1.01. The van der Waals surface area contributed by atoms with Crippen molar-refractivity contribution in [2.24, 2.45) is 5.92 Å². The van der Waals surface area contributed by atoms with Crippen LogP contribution in [-0.4, -0.2) is 90.2 Å². The molecule has 1 unspecified atom stereocenters. The van der Waals surface area contributed by atoms with Crippen molar-refractivity contribution >= 4 is 61.1 Å². The maximum absolute atomic E-state index is 15.7. The number of anilines is 3. The van der Waals surface area contributed by atoms with E-state index in [4.69, 9.17) is 19.4 Å². The Morgan fingerprint density at radius 3 is 2.63 bits per heavy atom. The summed E-state index contributed by atoms with van der Waals surface area (Å²) in [5.74, 6) is 1.17. The van der Waals surface area contributed by atoms with Gasteiger partial charge in [0.2, 0.25) is 11.9 Å². The van der Waals surface area contributed by atoms with Gasteiger partial charge in [-0.05, 0) is 107 Å². The molecule has 14 heteroatoms. The Morgan fingerprint density at radius 2 is 1.93 bits per heavy atom. The number of likely N-dealkylation sites (N-methyl/N-ethyl adjacent to an activating group) is 1. The molecule has 0 spiro atoms. The molecule has 5 heterocycles. The van der Waals surface area contributed by atoms with E-state index in [1.165, 1.54) is 6.07 Å². The molecule has 0 radical (unpaired) electrons. The predicted molar refractivity (Wildman–Crippen MR) is 211 cm³/mol. The van der Waals surface area contributed by atoms with E-state index in [9.17, 15) is 14.9 Å². The summed E-state index contributed by atoms with van der Waals surface area (Å²) in [6, 6.07) is 5.13. The van der Waals surface area contributed by atoms with Crippen molar-refractivity contribution in [1.82, 2.24) is 19.8 Å². The van der Waals surface area contributed by atoms with Crippen LogP contribution in [0, 0.1) is 23.1 Å². The van der Waals surface area contributed by atoms with Crippen molar-refractivity contribution in [3.8, 4) is 17.2 Å². The van der Waals surface area contributed by atoms with Crippen molar-refractivity contribution in [1.29, 1.82) is 5.26 Å². The first-order chi connectivity index (χ1) is 25.7. The van der Waals surface area contributed by atoms with E-state index in [0.29, 0.717) is 61.2 Å². The zero-order chi connectivity index (χ0) is 38.6. The highest BCUT2D eigenvalue weighted by Gasteiger charge is 2.36. The monoisotopic (exact) mass is 756 g/mol. The predicted octanol–water partition coefficient (Wildman–Crippen LogP) is 7.27. The number of fused-ring (bicyclic) bond motifs is 4. The third kappa shape index (κ3) is 6.82. The number of carbonyl (C=O) groups excluding carboxylic acids is 2. The number of amides is 2. The number of ether oxygens (including phenoxy) is 2. The average molecular weight is 757 g/mol. The number of rotatable bonds is 8. The standard InChI is InChI=1S/C40H49FN8O4S/c1-9-23-30(24-12-13-28(41)34-31(24)25(17-42)36(54-34)46-39(51)53-40(3,4)5)26-19-52-20-27(26)32-33(23)44-38(49-16-14-22(21(49)2)18-47(6)7)45-35(32)43-29-11-10-15-48(8)37(29)50/h12-13,21-22,29H,9-11,14-16,18-20H2,1-8H3,(H,46,51)(H,43,44,45)/t21-,22+,29?/m0/s1. The van der Waals surface area contributed by atoms with Gasteiger partial charge < -0.3 is 29.5 Å². The van der Waals surface area contributed by atoms with E-state index >= 15 is 4.39 Å². The second-order valence-electron chi connectivity index (χ2n) is 15.9. The molecule has 7 rings (SSSR count). The number of piperidine rings is 1. The zero-order valence-electron chi connectivity index (χ0n) is 32.4. The lowest BCUT2D eigenvalue weighted by molar-refractivity contribution is -0.132. The topological polar surface area (TPSA) is 136 Å². The summed E-state index contributed by atoms with van der Waals surface area (Å²) in [4.78, 5) is 43.1. The largest absolute Gasteiger partial charge is 0.444 e. The van der Waals surface area contributed by atoms with Crippen LogP contribution < -0.4 is 15.5 Å². The minimum absolute atomic E-state index is 0.0290. The summed E-state index contributed by atoms with van der Waals surface area (Å²) in [5, 5.41) is 18.3. The highest BCUT2D eigenvalue weighted by molar-refractivity contribution is 7.23.